The van der Waals surface area contributed by atoms with E-state index in [0.29, 0.717) is 0 Å². The molecule has 1 saturated carbocycles. The van der Waals surface area contributed by atoms with Crippen LogP contribution in [-0.2, 0) is 0 Å². The molecule has 1 fully saturated rings. The smallest absolute Gasteiger partial charge is 0.311 e. The van der Waals surface area contributed by atoms with E-state index < -0.39 is 29.1 Å². The Labute approximate surface area is 102 Å². The van der Waals surface area contributed by atoms with Gasteiger partial charge >= 0.3 is 5.69 Å². The van der Waals surface area contributed by atoms with Gasteiger partial charge in [-0.1, -0.05) is 0 Å². The van der Waals surface area contributed by atoms with Gasteiger partial charge in [-0.2, -0.15) is 0 Å². The minimum Gasteiger partial charge on any atom is -0.483 e. The highest BCUT2D eigenvalue weighted by molar-refractivity contribution is 5.46. The molecule has 0 aromatic heterocycles. The molecule has 0 amide bonds. The average molecular weight is 257 g/mol. The lowest BCUT2D eigenvalue weighted by molar-refractivity contribution is -0.386. The van der Waals surface area contributed by atoms with Crippen molar-refractivity contribution in [2.24, 2.45) is 0 Å². The Hall–Kier alpha value is -1.73. The van der Waals surface area contributed by atoms with Crippen LogP contribution in [0.1, 0.15) is 12.8 Å². The first-order chi connectivity index (χ1) is 8.47. The van der Waals surface area contributed by atoms with Crippen LogP contribution in [-0.4, -0.2) is 33.4 Å². The molecular formula is C11H12FNO5. The van der Waals surface area contributed by atoms with Crippen LogP contribution in [0.25, 0.3) is 0 Å². The standard InChI is InChI=1S/C11H12FNO5/c12-6-1-2-8(13(16)17)11(3-6)18-7-4-9(14)10(15)5-7/h1-3,7,9-10,14-15H,4-5H2/t9-,10-/m1/s1. The van der Waals surface area contributed by atoms with Gasteiger partial charge in [-0.05, 0) is 6.07 Å². The summed E-state index contributed by atoms with van der Waals surface area (Å²) in [7, 11) is 0. The summed E-state index contributed by atoms with van der Waals surface area (Å²) in [5.74, 6) is -0.832. The van der Waals surface area contributed by atoms with Crippen LogP contribution in [0, 0.1) is 15.9 Å². The Bertz CT molecular complexity index is 457. The lowest BCUT2D eigenvalue weighted by Gasteiger charge is -2.12. The van der Waals surface area contributed by atoms with Gasteiger partial charge in [-0.25, -0.2) is 4.39 Å². The predicted molar refractivity (Wildman–Crippen MR) is 58.7 cm³/mol. The van der Waals surface area contributed by atoms with Crippen LogP contribution in [0.3, 0.4) is 0 Å². The maximum absolute atomic E-state index is 13.0. The number of benzene rings is 1. The van der Waals surface area contributed by atoms with Crippen molar-refractivity contribution in [2.75, 3.05) is 0 Å². The highest BCUT2D eigenvalue weighted by atomic mass is 19.1. The molecule has 0 unspecified atom stereocenters. The molecule has 0 aliphatic heterocycles. The Morgan fingerprint density at radius 2 is 1.94 bits per heavy atom. The number of rotatable bonds is 3. The molecule has 7 heteroatoms. The average Bonchev–Trinajstić information content (AvgIpc) is 2.57. The lowest BCUT2D eigenvalue weighted by atomic mass is 10.2. The number of nitrogens with zero attached hydrogens (tertiary/aromatic N) is 1. The fourth-order valence-electron chi connectivity index (χ4n) is 1.96. The summed E-state index contributed by atoms with van der Waals surface area (Å²) < 4.78 is 18.3. The van der Waals surface area contributed by atoms with Gasteiger partial charge in [-0.15, -0.1) is 0 Å². The molecular weight excluding hydrogens is 245 g/mol. The summed E-state index contributed by atoms with van der Waals surface area (Å²) in [6.07, 6.45) is -2.07. The summed E-state index contributed by atoms with van der Waals surface area (Å²) in [4.78, 5) is 10.1. The second kappa shape index (κ2) is 4.87. The normalized spacial score (nSPS) is 24.2. The monoisotopic (exact) mass is 257 g/mol. The first-order valence-corrected chi connectivity index (χ1v) is 5.44. The number of ether oxygens (including phenoxy) is 1. The fourth-order valence-corrected chi connectivity index (χ4v) is 1.96. The summed E-state index contributed by atoms with van der Waals surface area (Å²) in [5, 5.41) is 29.4. The van der Waals surface area contributed by atoms with Gasteiger partial charge in [-0.3, -0.25) is 10.1 Å². The Morgan fingerprint density at radius 3 is 2.50 bits per heavy atom. The van der Waals surface area contributed by atoms with Crippen LogP contribution < -0.4 is 4.74 Å². The van der Waals surface area contributed by atoms with Crippen LogP contribution in [0.15, 0.2) is 18.2 Å². The molecule has 2 rings (SSSR count). The number of aliphatic hydroxyl groups excluding tert-OH is 2. The van der Waals surface area contributed by atoms with Crippen molar-refractivity contribution in [3.05, 3.63) is 34.1 Å². The summed E-state index contributed by atoms with van der Waals surface area (Å²) in [6, 6.07) is 2.92. The molecule has 0 spiro atoms. The van der Waals surface area contributed by atoms with Gasteiger partial charge < -0.3 is 14.9 Å². The fraction of sp³-hybridized carbons (Fsp3) is 0.455. The molecule has 0 bridgehead atoms. The minimum atomic E-state index is -0.914. The molecule has 1 aliphatic carbocycles. The lowest BCUT2D eigenvalue weighted by Crippen LogP contribution is -2.17. The van der Waals surface area contributed by atoms with Crippen LogP contribution in [0.4, 0.5) is 10.1 Å². The van der Waals surface area contributed by atoms with Crippen molar-refractivity contribution in [1.29, 1.82) is 0 Å². The first kappa shape index (κ1) is 12.7. The van der Waals surface area contributed by atoms with Gasteiger partial charge in [0.2, 0.25) is 0 Å². The number of hydrogen-bond acceptors (Lipinski definition) is 5. The van der Waals surface area contributed by atoms with Crippen LogP contribution in [0.5, 0.6) is 5.75 Å². The van der Waals surface area contributed by atoms with Crippen molar-refractivity contribution < 1.29 is 24.3 Å². The number of nitro benzene ring substituents is 1. The highest BCUT2D eigenvalue weighted by Gasteiger charge is 2.34. The third kappa shape index (κ3) is 2.57. The van der Waals surface area contributed by atoms with E-state index in [-0.39, 0.29) is 24.3 Å². The van der Waals surface area contributed by atoms with E-state index >= 15 is 0 Å². The Balaban J connectivity index is 2.18. The van der Waals surface area contributed by atoms with E-state index in [1.165, 1.54) is 0 Å². The number of aliphatic hydroxyl groups is 2. The first-order valence-electron chi connectivity index (χ1n) is 5.44. The summed E-state index contributed by atoms with van der Waals surface area (Å²) in [5.41, 5.74) is -0.340. The van der Waals surface area contributed by atoms with Crippen molar-refractivity contribution in [2.45, 2.75) is 31.2 Å². The van der Waals surface area contributed by atoms with E-state index in [4.69, 9.17) is 4.74 Å². The predicted octanol–water partition coefficient (Wildman–Crippen LogP) is 0.997. The molecule has 2 atom stereocenters. The topological polar surface area (TPSA) is 92.8 Å². The van der Waals surface area contributed by atoms with Gasteiger partial charge in [0.1, 0.15) is 11.9 Å². The van der Waals surface area contributed by atoms with E-state index in [0.717, 1.165) is 18.2 Å². The maximum atomic E-state index is 13.0. The molecule has 18 heavy (non-hydrogen) atoms. The second-order valence-electron chi connectivity index (χ2n) is 4.22. The van der Waals surface area contributed by atoms with E-state index in [1.807, 2.05) is 0 Å². The molecule has 0 saturated heterocycles. The zero-order valence-corrected chi connectivity index (χ0v) is 9.32. The van der Waals surface area contributed by atoms with E-state index in [9.17, 15) is 24.7 Å². The quantitative estimate of drug-likeness (QED) is 0.622. The second-order valence-corrected chi connectivity index (χ2v) is 4.22. The molecule has 0 radical (unpaired) electrons. The van der Waals surface area contributed by atoms with Gasteiger partial charge in [0.05, 0.1) is 17.1 Å². The summed E-state index contributed by atoms with van der Waals surface area (Å²) >= 11 is 0. The van der Waals surface area contributed by atoms with Gasteiger partial charge in [0, 0.05) is 25.0 Å². The van der Waals surface area contributed by atoms with Crippen molar-refractivity contribution in [3.8, 4) is 5.75 Å². The molecule has 0 heterocycles. The number of nitro groups is 1. The number of hydrogen-bond donors (Lipinski definition) is 2. The van der Waals surface area contributed by atoms with Crippen molar-refractivity contribution in [3.63, 3.8) is 0 Å². The van der Waals surface area contributed by atoms with Crippen molar-refractivity contribution >= 4 is 5.69 Å². The molecule has 1 aromatic rings. The Morgan fingerprint density at radius 1 is 1.33 bits per heavy atom. The SMILES string of the molecule is O=[N+]([O-])c1ccc(F)cc1OC1C[C@@H](O)[C@H](O)C1. The largest absolute Gasteiger partial charge is 0.483 e. The summed E-state index contributed by atoms with van der Waals surface area (Å²) in [6.45, 7) is 0. The highest BCUT2D eigenvalue weighted by Crippen LogP contribution is 2.32. The third-order valence-electron chi connectivity index (χ3n) is 2.87. The van der Waals surface area contributed by atoms with Crippen molar-refractivity contribution in [1.82, 2.24) is 0 Å². The molecule has 6 nitrogen and oxygen atoms in total. The molecule has 2 N–H and O–H groups in total. The van der Waals surface area contributed by atoms with E-state index in [2.05, 4.69) is 0 Å². The zero-order chi connectivity index (χ0) is 13.3. The zero-order valence-electron chi connectivity index (χ0n) is 9.32. The number of halogens is 1. The molecule has 1 aromatic carbocycles. The minimum absolute atomic E-state index is 0.162. The van der Waals surface area contributed by atoms with Crippen LogP contribution in [0.2, 0.25) is 0 Å². The Kier molecular flexibility index (Phi) is 3.44. The maximum Gasteiger partial charge on any atom is 0.311 e. The molecule has 1 aliphatic rings. The van der Waals surface area contributed by atoms with E-state index in [1.54, 1.807) is 0 Å². The molecule has 98 valence electrons. The third-order valence-corrected chi connectivity index (χ3v) is 2.87. The van der Waals surface area contributed by atoms with Gasteiger partial charge in [0.15, 0.2) is 5.75 Å². The van der Waals surface area contributed by atoms with Gasteiger partial charge in [0.25, 0.3) is 0 Å². The van der Waals surface area contributed by atoms with Crippen LogP contribution >= 0.6 is 0 Å².